The number of methoxy groups -OCH3 is 1. The number of benzene rings is 2. The Kier molecular flexibility index (Phi) is 4.28. The molecular formula is C16H25B5O. The zero-order valence-corrected chi connectivity index (χ0v) is 15.9. The first kappa shape index (κ1) is 17.2. The van der Waals surface area contributed by atoms with Crippen LogP contribution in [0.3, 0.4) is 0 Å². The fraction of sp³-hybridized carbons (Fsp3) is 0.375. The van der Waals surface area contributed by atoms with Crippen LogP contribution in [-0.4, -0.2) is 46.3 Å². The lowest BCUT2D eigenvalue weighted by atomic mass is 9.62. The molecule has 2 aromatic rings. The molecule has 0 saturated carbocycles. The summed E-state index contributed by atoms with van der Waals surface area (Å²) in [4.78, 5) is 0. The predicted molar refractivity (Wildman–Crippen MR) is 115 cm³/mol. The van der Waals surface area contributed by atoms with Gasteiger partial charge in [0.2, 0.25) is 0 Å². The molecule has 0 aliphatic rings. The molecule has 0 atom stereocenters. The van der Waals surface area contributed by atoms with Gasteiger partial charge in [-0.15, -0.1) is 10.9 Å². The predicted octanol–water partition coefficient (Wildman–Crippen LogP) is -4.25. The van der Waals surface area contributed by atoms with Gasteiger partial charge in [-0.25, -0.2) is 0 Å². The highest BCUT2D eigenvalue weighted by Crippen LogP contribution is 2.32. The minimum absolute atomic E-state index is 0.106. The van der Waals surface area contributed by atoms with Gasteiger partial charge in [0.25, 0.3) is 0 Å². The first-order valence-corrected chi connectivity index (χ1v) is 8.11. The number of hydrogen-bond donors (Lipinski definition) is 0. The average molecular weight is 287 g/mol. The lowest BCUT2D eigenvalue weighted by Gasteiger charge is -2.30. The van der Waals surface area contributed by atoms with Crippen molar-refractivity contribution in [1.29, 1.82) is 0 Å². The minimum Gasteiger partial charge on any atom is -0.497 e. The summed E-state index contributed by atoms with van der Waals surface area (Å²) in [5.74, 6) is 1.05. The topological polar surface area (TPSA) is 9.23 Å². The molecule has 2 aromatic carbocycles. The lowest BCUT2D eigenvalue weighted by molar-refractivity contribution is 0.422. The van der Waals surface area contributed by atoms with Crippen molar-refractivity contribution in [1.82, 2.24) is 0 Å². The van der Waals surface area contributed by atoms with Gasteiger partial charge in [0.1, 0.15) is 45.0 Å². The van der Waals surface area contributed by atoms with Gasteiger partial charge in [0.15, 0.2) is 0 Å². The molecule has 0 saturated heterocycles. The number of hydrogen-bond acceptors (Lipinski definition) is 1. The first-order chi connectivity index (χ1) is 10.0. The molecule has 0 bridgehead atoms. The Balaban J connectivity index is 3.22. The second-order valence-corrected chi connectivity index (χ2v) is 7.66. The number of fused-ring (bicyclic) bond motifs is 1. The summed E-state index contributed by atoms with van der Waals surface area (Å²) in [6, 6.07) is 0. The smallest absolute Gasteiger partial charge is 0.144 e. The number of rotatable bonds is 1. The molecule has 0 aromatic heterocycles. The van der Waals surface area contributed by atoms with Gasteiger partial charge >= 0.3 is 0 Å². The van der Waals surface area contributed by atoms with E-state index in [1.54, 1.807) is 7.11 Å². The quantitative estimate of drug-likeness (QED) is 0.483. The van der Waals surface area contributed by atoms with Crippen LogP contribution in [0, 0.1) is 6.92 Å². The van der Waals surface area contributed by atoms with E-state index in [2.05, 4.69) is 66.9 Å². The van der Waals surface area contributed by atoms with Crippen molar-refractivity contribution in [2.75, 3.05) is 7.11 Å². The summed E-state index contributed by atoms with van der Waals surface area (Å²) < 4.78 is 5.88. The van der Waals surface area contributed by atoms with E-state index in [0.29, 0.717) is 0 Å². The summed E-state index contributed by atoms with van der Waals surface area (Å²) in [5.41, 5.74) is 9.73. The van der Waals surface area contributed by atoms with E-state index in [1.807, 2.05) is 0 Å². The van der Waals surface area contributed by atoms with Crippen molar-refractivity contribution in [2.45, 2.75) is 33.1 Å². The average Bonchev–Trinajstić information content (AvgIpc) is 2.40. The minimum atomic E-state index is 0.106. The molecule has 1 nitrogen and oxygen atoms in total. The Morgan fingerprint density at radius 3 is 1.59 bits per heavy atom. The molecule has 0 amide bonds. The van der Waals surface area contributed by atoms with E-state index in [9.17, 15) is 0 Å². The van der Waals surface area contributed by atoms with E-state index >= 15 is 0 Å². The Morgan fingerprint density at radius 1 is 0.727 bits per heavy atom. The molecule has 0 N–H and O–H groups in total. The van der Waals surface area contributed by atoms with Crippen LogP contribution in [0.25, 0.3) is 10.8 Å². The standard InChI is InChI=1S/C16H25B5O/c1-6-7-8(11(18)14(21)13(20)10(7)17)15(22-5)12(19)9(6)16(2,3)4/h17-21H2,1-5H3. The number of ether oxygens (including phenoxy) is 1. The molecule has 0 unspecified atom stereocenters. The summed E-state index contributed by atoms with van der Waals surface area (Å²) in [7, 11) is 12.9. The Morgan fingerprint density at radius 2 is 1.18 bits per heavy atom. The molecule has 6 heteroatoms. The largest absolute Gasteiger partial charge is 0.497 e. The molecule has 0 spiro atoms. The normalized spacial score (nSPS) is 11.9. The van der Waals surface area contributed by atoms with Gasteiger partial charge in [0.05, 0.1) is 7.11 Å². The lowest BCUT2D eigenvalue weighted by Crippen LogP contribution is -2.48. The van der Waals surface area contributed by atoms with E-state index < -0.39 is 0 Å². The van der Waals surface area contributed by atoms with Crippen molar-refractivity contribution in [3.8, 4) is 5.75 Å². The van der Waals surface area contributed by atoms with Crippen molar-refractivity contribution >= 4 is 77.3 Å². The maximum Gasteiger partial charge on any atom is 0.144 e. The SMILES string of the molecule is Bc1c(B)c(B)c2c(OC)c(B)c(C(C)(C)C)c(C)c2c1B. The third-order valence-corrected chi connectivity index (χ3v) is 5.33. The van der Waals surface area contributed by atoms with Gasteiger partial charge in [-0.1, -0.05) is 31.7 Å². The van der Waals surface area contributed by atoms with Crippen LogP contribution in [0.5, 0.6) is 5.75 Å². The fourth-order valence-corrected chi connectivity index (χ4v) is 4.15. The highest BCUT2D eigenvalue weighted by atomic mass is 16.5. The molecular weight excluding hydrogens is 262 g/mol. The maximum absolute atomic E-state index is 5.88. The zero-order chi connectivity index (χ0) is 17.0. The Hall–Kier alpha value is -1.18. The van der Waals surface area contributed by atoms with Gasteiger partial charge in [-0.2, -0.15) is 0 Å². The van der Waals surface area contributed by atoms with Crippen LogP contribution in [0.1, 0.15) is 31.9 Å². The summed E-state index contributed by atoms with van der Waals surface area (Å²) in [5, 5.41) is 2.68. The maximum atomic E-state index is 5.88. The van der Waals surface area contributed by atoms with Crippen LogP contribution in [0.2, 0.25) is 0 Å². The highest BCUT2D eigenvalue weighted by Gasteiger charge is 2.25. The van der Waals surface area contributed by atoms with Gasteiger partial charge in [-0.05, 0) is 34.3 Å². The van der Waals surface area contributed by atoms with Crippen LogP contribution in [0.15, 0.2) is 0 Å². The first-order valence-electron chi connectivity index (χ1n) is 8.11. The van der Waals surface area contributed by atoms with E-state index in [1.165, 1.54) is 49.2 Å². The van der Waals surface area contributed by atoms with Gasteiger partial charge < -0.3 is 4.74 Å². The van der Waals surface area contributed by atoms with Crippen LogP contribution >= 0.6 is 0 Å². The number of aryl methyl sites for hydroxylation is 1. The third kappa shape index (κ3) is 2.32. The molecule has 0 radical (unpaired) electrons. The molecule has 0 aliphatic carbocycles. The van der Waals surface area contributed by atoms with Crippen LogP contribution in [-0.2, 0) is 5.41 Å². The molecule has 110 valence electrons. The Labute approximate surface area is 139 Å². The van der Waals surface area contributed by atoms with Gasteiger partial charge in [0, 0.05) is 5.39 Å². The van der Waals surface area contributed by atoms with E-state index in [4.69, 9.17) is 4.74 Å². The second kappa shape index (κ2) is 5.47. The molecule has 22 heavy (non-hydrogen) atoms. The Bertz CT molecular complexity index is 775. The molecule has 0 heterocycles. The molecule has 2 rings (SSSR count). The summed E-state index contributed by atoms with van der Waals surface area (Å²) in [6.07, 6.45) is 0. The van der Waals surface area contributed by atoms with E-state index in [-0.39, 0.29) is 5.41 Å². The van der Waals surface area contributed by atoms with E-state index in [0.717, 1.165) is 5.75 Å². The summed E-state index contributed by atoms with van der Waals surface area (Å²) >= 11 is 0. The van der Waals surface area contributed by atoms with Gasteiger partial charge in [-0.3, -0.25) is 0 Å². The molecule has 0 fully saturated rings. The monoisotopic (exact) mass is 288 g/mol. The molecule has 0 aliphatic heterocycles. The van der Waals surface area contributed by atoms with Crippen molar-refractivity contribution in [3.05, 3.63) is 11.1 Å². The highest BCUT2D eigenvalue weighted by molar-refractivity contribution is 6.67. The zero-order valence-electron chi connectivity index (χ0n) is 15.9. The van der Waals surface area contributed by atoms with Crippen molar-refractivity contribution < 1.29 is 4.74 Å². The fourth-order valence-electron chi connectivity index (χ4n) is 4.15. The van der Waals surface area contributed by atoms with Crippen LogP contribution < -0.4 is 32.1 Å². The summed E-state index contributed by atoms with van der Waals surface area (Å²) in [6.45, 7) is 9.14. The van der Waals surface area contributed by atoms with Crippen molar-refractivity contribution in [2.24, 2.45) is 0 Å². The second-order valence-electron chi connectivity index (χ2n) is 7.66. The third-order valence-electron chi connectivity index (χ3n) is 5.33. The van der Waals surface area contributed by atoms with Crippen LogP contribution in [0.4, 0.5) is 0 Å². The van der Waals surface area contributed by atoms with Crippen molar-refractivity contribution in [3.63, 3.8) is 0 Å².